The van der Waals surface area contributed by atoms with Gasteiger partial charge in [-0.05, 0) is 29.7 Å². The summed E-state index contributed by atoms with van der Waals surface area (Å²) in [7, 11) is 0. The number of carbonyl (C=O) groups is 1. The summed E-state index contributed by atoms with van der Waals surface area (Å²) in [5, 5.41) is 0. The van der Waals surface area contributed by atoms with Crippen LogP contribution in [0.5, 0.6) is 0 Å². The highest BCUT2D eigenvalue weighted by atomic mass is 19.1. The van der Waals surface area contributed by atoms with Crippen LogP contribution in [-0.2, 0) is 9.53 Å². The molecule has 0 radical (unpaired) electrons. The third-order valence-electron chi connectivity index (χ3n) is 2.68. The van der Waals surface area contributed by atoms with E-state index < -0.39 is 11.8 Å². The number of allylic oxidation sites excluding steroid dienone is 1. The predicted molar refractivity (Wildman–Crippen MR) is 56.9 cm³/mol. The molecule has 2 nitrogen and oxygen atoms in total. The van der Waals surface area contributed by atoms with Gasteiger partial charge in [0.25, 0.3) is 0 Å². The SMILES string of the molecule is CC(C)COC(=O)C(F)=CC1CC1(C)C. The quantitative estimate of drug-likeness (QED) is 0.531. The normalized spacial score (nSPS) is 24.1. The van der Waals surface area contributed by atoms with Crippen LogP contribution in [0.1, 0.15) is 34.1 Å². The highest BCUT2D eigenvalue weighted by Gasteiger charge is 2.44. The first-order valence-electron chi connectivity index (χ1n) is 5.37. The summed E-state index contributed by atoms with van der Waals surface area (Å²) >= 11 is 0. The van der Waals surface area contributed by atoms with Crippen LogP contribution >= 0.6 is 0 Å². The predicted octanol–water partition coefficient (Wildman–Crippen LogP) is 3.09. The number of hydrogen-bond donors (Lipinski definition) is 0. The minimum Gasteiger partial charge on any atom is -0.460 e. The van der Waals surface area contributed by atoms with Crippen LogP contribution in [0.3, 0.4) is 0 Å². The highest BCUT2D eigenvalue weighted by molar-refractivity contribution is 5.86. The lowest BCUT2D eigenvalue weighted by Crippen LogP contribution is -2.10. The second-order valence-corrected chi connectivity index (χ2v) is 5.31. The Morgan fingerprint density at radius 1 is 1.60 bits per heavy atom. The summed E-state index contributed by atoms with van der Waals surface area (Å²) in [6, 6.07) is 0. The molecule has 0 spiro atoms. The summed E-state index contributed by atoms with van der Waals surface area (Å²) in [6.45, 7) is 8.22. The molecule has 0 aromatic heterocycles. The number of ether oxygens (including phenoxy) is 1. The fourth-order valence-corrected chi connectivity index (χ4v) is 1.35. The van der Waals surface area contributed by atoms with E-state index in [0.717, 1.165) is 6.42 Å². The minimum absolute atomic E-state index is 0.148. The van der Waals surface area contributed by atoms with Gasteiger partial charge in [0, 0.05) is 0 Å². The molecule has 1 saturated carbocycles. The monoisotopic (exact) mass is 214 g/mol. The van der Waals surface area contributed by atoms with E-state index in [9.17, 15) is 9.18 Å². The zero-order valence-corrected chi connectivity index (χ0v) is 9.84. The molecule has 0 bridgehead atoms. The van der Waals surface area contributed by atoms with Gasteiger partial charge in [0.05, 0.1) is 6.61 Å². The standard InChI is InChI=1S/C12H19FO2/c1-8(2)7-15-11(14)10(13)5-9-6-12(9,3)4/h5,8-9H,6-7H2,1-4H3. The molecule has 0 aromatic carbocycles. The molecule has 0 amide bonds. The molecule has 1 aliphatic rings. The Bertz CT molecular complexity index is 279. The highest BCUT2D eigenvalue weighted by Crippen LogP contribution is 2.52. The second-order valence-electron chi connectivity index (χ2n) is 5.31. The van der Waals surface area contributed by atoms with Gasteiger partial charge in [0.15, 0.2) is 0 Å². The zero-order valence-electron chi connectivity index (χ0n) is 9.84. The molecule has 0 aromatic rings. The summed E-state index contributed by atoms with van der Waals surface area (Å²) in [6.07, 6.45) is 2.33. The molecular weight excluding hydrogens is 195 g/mol. The lowest BCUT2D eigenvalue weighted by molar-refractivity contribution is -0.141. The third kappa shape index (κ3) is 3.65. The first-order chi connectivity index (χ1) is 6.83. The first kappa shape index (κ1) is 12.2. The lowest BCUT2D eigenvalue weighted by Gasteiger charge is -2.05. The van der Waals surface area contributed by atoms with E-state index in [-0.39, 0.29) is 23.9 Å². The zero-order chi connectivity index (χ0) is 11.6. The molecule has 1 atom stereocenters. The average Bonchev–Trinajstić information content (AvgIpc) is 2.69. The molecule has 0 N–H and O–H groups in total. The first-order valence-corrected chi connectivity index (χ1v) is 5.37. The van der Waals surface area contributed by atoms with Gasteiger partial charge in [-0.2, -0.15) is 4.39 Å². The van der Waals surface area contributed by atoms with Crippen LogP contribution in [0.2, 0.25) is 0 Å². The Labute approximate surface area is 90.5 Å². The molecule has 0 aliphatic heterocycles. The lowest BCUT2D eigenvalue weighted by atomic mass is 10.1. The minimum atomic E-state index is -0.827. The maximum atomic E-state index is 13.3. The molecule has 86 valence electrons. The summed E-state index contributed by atoms with van der Waals surface area (Å²) in [4.78, 5) is 11.2. The van der Waals surface area contributed by atoms with Crippen molar-refractivity contribution < 1.29 is 13.9 Å². The van der Waals surface area contributed by atoms with E-state index in [0.29, 0.717) is 0 Å². The molecule has 0 saturated heterocycles. The number of halogens is 1. The molecule has 3 heteroatoms. The molecular formula is C12H19FO2. The van der Waals surface area contributed by atoms with Crippen molar-refractivity contribution in [2.45, 2.75) is 34.1 Å². The van der Waals surface area contributed by atoms with Crippen molar-refractivity contribution in [1.29, 1.82) is 0 Å². The van der Waals surface area contributed by atoms with Gasteiger partial charge in [-0.1, -0.05) is 27.7 Å². The summed E-state index contributed by atoms with van der Waals surface area (Å²) in [5.41, 5.74) is 0.148. The van der Waals surface area contributed by atoms with E-state index in [1.807, 2.05) is 13.8 Å². The van der Waals surface area contributed by atoms with Crippen LogP contribution in [0.4, 0.5) is 4.39 Å². The Morgan fingerprint density at radius 3 is 2.53 bits per heavy atom. The summed E-state index contributed by atoms with van der Waals surface area (Å²) in [5.74, 6) is -1.15. The average molecular weight is 214 g/mol. The molecule has 0 heterocycles. The van der Waals surface area contributed by atoms with Crippen molar-refractivity contribution in [1.82, 2.24) is 0 Å². The summed E-state index contributed by atoms with van der Waals surface area (Å²) < 4.78 is 18.0. The number of hydrogen-bond acceptors (Lipinski definition) is 2. The maximum absolute atomic E-state index is 13.3. The second kappa shape index (κ2) is 4.33. The maximum Gasteiger partial charge on any atom is 0.366 e. The van der Waals surface area contributed by atoms with E-state index in [2.05, 4.69) is 13.8 Å². The number of carbonyl (C=O) groups excluding carboxylic acids is 1. The van der Waals surface area contributed by atoms with Crippen LogP contribution in [0.15, 0.2) is 11.9 Å². The largest absolute Gasteiger partial charge is 0.460 e. The van der Waals surface area contributed by atoms with Crippen molar-refractivity contribution in [3.63, 3.8) is 0 Å². The number of rotatable bonds is 4. The smallest absolute Gasteiger partial charge is 0.366 e. The Balaban J connectivity index is 2.40. The van der Waals surface area contributed by atoms with Crippen molar-refractivity contribution in [2.24, 2.45) is 17.3 Å². The molecule has 1 rings (SSSR count). The van der Waals surface area contributed by atoms with Gasteiger partial charge in [-0.3, -0.25) is 0 Å². The van der Waals surface area contributed by atoms with Gasteiger partial charge in [-0.25, -0.2) is 4.79 Å². The van der Waals surface area contributed by atoms with Gasteiger partial charge in [0.2, 0.25) is 5.83 Å². The Morgan fingerprint density at radius 2 is 2.13 bits per heavy atom. The van der Waals surface area contributed by atoms with Gasteiger partial charge >= 0.3 is 5.97 Å². The van der Waals surface area contributed by atoms with Crippen molar-refractivity contribution in [3.8, 4) is 0 Å². The number of esters is 1. The van der Waals surface area contributed by atoms with Crippen LogP contribution in [0.25, 0.3) is 0 Å². The van der Waals surface area contributed by atoms with Crippen molar-refractivity contribution in [3.05, 3.63) is 11.9 Å². The topological polar surface area (TPSA) is 26.3 Å². The van der Waals surface area contributed by atoms with Gasteiger partial charge in [-0.15, -0.1) is 0 Å². The Hall–Kier alpha value is -0.860. The fraction of sp³-hybridized carbons (Fsp3) is 0.750. The van der Waals surface area contributed by atoms with Crippen molar-refractivity contribution in [2.75, 3.05) is 6.61 Å². The van der Waals surface area contributed by atoms with E-state index in [1.54, 1.807) is 0 Å². The van der Waals surface area contributed by atoms with Crippen molar-refractivity contribution >= 4 is 5.97 Å². The molecule has 1 fully saturated rings. The van der Waals surface area contributed by atoms with Crippen LogP contribution in [0, 0.1) is 17.3 Å². The van der Waals surface area contributed by atoms with Gasteiger partial charge < -0.3 is 4.74 Å². The van der Waals surface area contributed by atoms with Gasteiger partial charge in [0.1, 0.15) is 0 Å². The third-order valence-corrected chi connectivity index (χ3v) is 2.68. The molecule has 15 heavy (non-hydrogen) atoms. The van der Waals surface area contributed by atoms with Crippen LogP contribution in [-0.4, -0.2) is 12.6 Å². The molecule has 1 unspecified atom stereocenters. The van der Waals surface area contributed by atoms with E-state index in [4.69, 9.17) is 4.74 Å². The Kier molecular flexibility index (Phi) is 3.53. The fourth-order valence-electron chi connectivity index (χ4n) is 1.35. The van der Waals surface area contributed by atoms with E-state index in [1.165, 1.54) is 6.08 Å². The van der Waals surface area contributed by atoms with E-state index >= 15 is 0 Å². The molecule has 1 aliphatic carbocycles. The van der Waals surface area contributed by atoms with Crippen LogP contribution < -0.4 is 0 Å².